The van der Waals surface area contributed by atoms with Crippen molar-refractivity contribution in [3.05, 3.63) is 70.8 Å². The number of hydrogen-bond donors (Lipinski definition) is 1. The van der Waals surface area contributed by atoms with E-state index in [1.54, 1.807) is 6.92 Å². The van der Waals surface area contributed by atoms with Gasteiger partial charge >= 0.3 is 0 Å². The van der Waals surface area contributed by atoms with Gasteiger partial charge < -0.3 is 9.47 Å². The van der Waals surface area contributed by atoms with Crippen molar-refractivity contribution in [2.24, 2.45) is 16.7 Å². The van der Waals surface area contributed by atoms with Gasteiger partial charge in [-0.15, -0.1) is 0 Å². The van der Waals surface area contributed by atoms with Crippen LogP contribution in [0.2, 0.25) is 0 Å². The molecule has 2 aliphatic heterocycles. The summed E-state index contributed by atoms with van der Waals surface area (Å²) >= 11 is 0. The molecule has 2 aromatic carbocycles. The van der Waals surface area contributed by atoms with Gasteiger partial charge in [-0.1, -0.05) is 81.8 Å². The minimum absolute atomic E-state index is 0.0801. The smallest absolute Gasteiger partial charge is 0.244 e. The summed E-state index contributed by atoms with van der Waals surface area (Å²) in [5.74, 6) is -2.64. The van der Waals surface area contributed by atoms with Gasteiger partial charge in [-0.05, 0) is 23.5 Å². The van der Waals surface area contributed by atoms with Crippen LogP contribution in [0.5, 0.6) is 0 Å². The number of nitrogens with zero attached hydrogens (tertiary/aromatic N) is 3. The number of nitriles is 3. The fraction of sp³-hybridized carbons (Fsp3) is 0.407. The molecule has 2 bridgehead atoms. The molecule has 2 aromatic rings. The van der Waals surface area contributed by atoms with Gasteiger partial charge in [-0.25, -0.2) is 0 Å². The van der Waals surface area contributed by atoms with Gasteiger partial charge in [0.05, 0.1) is 24.1 Å². The van der Waals surface area contributed by atoms with Crippen LogP contribution < -0.4 is 0 Å². The molecular weight excluding hydrogens is 412 g/mol. The molecule has 6 nitrogen and oxygen atoms in total. The van der Waals surface area contributed by atoms with E-state index in [0.717, 1.165) is 11.1 Å². The standard InChI is InChI=1S/C27H26N4O2/c1-17-6-10-21(11-7-17)27-18(2)26(16-30,23(31)33-27)25(14-28,15-29)22(32-27)19-8-12-20(13-9-19)24(3,4)5/h6-13,18,22,31H,1-5H3. The van der Waals surface area contributed by atoms with Crippen molar-refractivity contribution in [2.45, 2.75) is 51.9 Å². The predicted molar refractivity (Wildman–Crippen MR) is 122 cm³/mol. The first-order valence-corrected chi connectivity index (χ1v) is 10.9. The van der Waals surface area contributed by atoms with Crippen LogP contribution in [0, 0.1) is 63.1 Å². The maximum Gasteiger partial charge on any atom is 0.244 e. The molecular formula is C27H26N4O2. The molecule has 4 atom stereocenters. The van der Waals surface area contributed by atoms with Gasteiger partial charge in [0.15, 0.2) is 5.41 Å². The van der Waals surface area contributed by atoms with Crippen LogP contribution in [0.1, 0.15) is 56.1 Å². The van der Waals surface area contributed by atoms with Gasteiger partial charge in [0, 0.05) is 5.56 Å². The Hall–Kier alpha value is -3.66. The Morgan fingerprint density at radius 1 is 0.909 bits per heavy atom. The molecule has 0 amide bonds. The van der Waals surface area contributed by atoms with E-state index < -0.39 is 34.5 Å². The lowest BCUT2D eigenvalue weighted by atomic mass is 9.53. The summed E-state index contributed by atoms with van der Waals surface area (Å²) < 4.78 is 12.6. The summed E-state index contributed by atoms with van der Waals surface area (Å²) in [5.41, 5.74) is -0.487. The molecule has 2 saturated heterocycles. The minimum atomic E-state index is -1.97. The fourth-order valence-corrected chi connectivity index (χ4v) is 5.11. The van der Waals surface area contributed by atoms with Crippen molar-refractivity contribution in [1.82, 2.24) is 0 Å². The third-order valence-corrected chi connectivity index (χ3v) is 7.20. The van der Waals surface area contributed by atoms with Crippen LogP contribution in [-0.2, 0) is 20.7 Å². The third-order valence-electron chi connectivity index (χ3n) is 7.20. The second-order valence-electron chi connectivity index (χ2n) is 10.0. The fourth-order valence-electron chi connectivity index (χ4n) is 5.11. The molecule has 6 heteroatoms. The summed E-state index contributed by atoms with van der Waals surface area (Å²) in [7, 11) is 0. The summed E-state index contributed by atoms with van der Waals surface area (Å²) in [6.07, 6.45) is -1.10. The van der Waals surface area contributed by atoms with Gasteiger partial charge in [0.2, 0.25) is 17.1 Å². The maximum atomic E-state index is 10.4. The topological polar surface area (TPSA) is 114 Å². The highest BCUT2D eigenvalue weighted by Gasteiger charge is 2.79. The zero-order valence-electron chi connectivity index (χ0n) is 19.4. The van der Waals surface area contributed by atoms with Crippen LogP contribution in [0.3, 0.4) is 0 Å². The van der Waals surface area contributed by atoms with Crippen LogP contribution in [0.25, 0.3) is 0 Å². The van der Waals surface area contributed by atoms with E-state index in [4.69, 9.17) is 14.9 Å². The van der Waals surface area contributed by atoms with E-state index in [9.17, 15) is 15.8 Å². The van der Waals surface area contributed by atoms with Crippen LogP contribution in [0.4, 0.5) is 0 Å². The largest absolute Gasteiger partial charge is 0.443 e. The Kier molecular flexibility index (Phi) is 4.90. The first kappa shape index (κ1) is 22.5. The number of hydrogen-bond acceptors (Lipinski definition) is 6. The van der Waals surface area contributed by atoms with Crippen molar-refractivity contribution in [3.63, 3.8) is 0 Å². The van der Waals surface area contributed by atoms with E-state index in [1.807, 2.05) is 55.5 Å². The lowest BCUT2D eigenvalue weighted by Crippen LogP contribution is -2.57. The maximum absolute atomic E-state index is 10.4. The quantitative estimate of drug-likeness (QED) is 0.674. The highest BCUT2D eigenvalue weighted by Crippen LogP contribution is 2.68. The van der Waals surface area contributed by atoms with E-state index in [0.29, 0.717) is 11.1 Å². The Labute approximate surface area is 194 Å². The van der Waals surface area contributed by atoms with Gasteiger partial charge in [-0.3, -0.25) is 5.41 Å². The van der Waals surface area contributed by atoms with Gasteiger partial charge in [-0.2, -0.15) is 15.8 Å². The summed E-state index contributed by atoms with van der Waals surface area (Å²) in [5, 5.41) is 39.8. The zero-order chi connectivity index (χ0) is 24.2. The Balaban J connectivity index is 1.98. The molecule has 1 N–H and O–H groups in total. The molecule has 33 heavy (non-hydrogen) atoms. The lowest BCUT2D eigenvalue weighted by Gasteiger charge is -2.48. The number of aryl methyl sites for hydroxylation is 1. The molecule has 4 unspecified atom stereocenters. The summed E-state index contributed by atoms with van der Waals surface area (Å²) in [4.78, 5) is 0. The molecule has 2 fully saturated rings. The minimum Gasteiger partial charge on any atom is -0.443 e. The van der Waals surface area contributed by atoms with Gasteiger partial charge in [0.25, 0.3) is 0 Å². The van der Waals surface area contributed by atoms with Crippen molar-refractivity contribution in [3.8, 4) is 18.2 Å². The number of ether oxygens (including phenoxy) is 2. The number of nitrogens with one attached hydrogen (secondary N) is 1. The Morgan fingerprint density at radius 3 is 1.97 bits per heavy atom. The van der Waals surface area contributed by atoms with Crippen molar-refractivity contribution >= 4 is 5.90 Å². The molecule has 2 heterocycles. The normalized spacial score (nSPS) is 29.9. The first-order chi connectivity index (χ1) is 15.5. The number of fused-ring (bicyclic) bond motifs is 2. The van der Waals surface area contributed by atoms with Crippen molar-refractivity contribution < 1.29 is 9.47 Å². The highest BCUT2D eigenvalue weighted by molar-refractivity contribution is 5.89. The molecule has 0 radical (unpaired) electrons. The Bertz CT molecular complexity index is 1220. The first-order valence-electron chi connectivity index (χ1n) is 10.9. The summed E-state index contributed by atoms with van der Waals surface area (Å²) in [6, 6.07) is 21.4. The second kappa shape index (κ2) is 7.17. The van der Waals surface area contributed by atoms with Crippen LogP contribution in [-0.4, -0.2) is 5.90 Å². The average Bonchev–Trinajstić information content (AvgIpc) is 2.95. The monoisotopic (exact) mass is 438 g/mol. The van der Waals surface area contributed by atoms with E-state index >= 15 is 0 Å². The number of benzene rings is 2. The van der Waals surface area contributed by atoms with Crippen molar-refractivity contribution in [2.75, 3.05) is 0 Å². The van der Waals surface area contributed by atoms with Crippen LogP contribution in [0.15, 0.2) is 48.5 Å². The zero-order valence-corrected chi connectivity index (χ0v) is 19.4. The van der Waals surface area contributed by atoms with Gasteiger partial charge in [0.1, 0.15) is 6.10 Å². The third kappa shape index (κ3) is 2.76. The lowest BCUT2D eigenvalue weighted by molar-refractivity contribution is -0.288. The summed E-state index contributed by atoms with van der Waals surface area (Å²) in [6.45, 7) is 9.97. The average molecular weight is 439 g/mol. The molecule has 0 aliphatic carbocycles. The van der Waals surface area contributed by atoms with E-state index in [2.05, 4.69) is 39.0 Å². The molecule has 4 rings (SSSR count). The molecule has 0 saturated carbocycles. The van der Waals surface area contributed by atoms with Crippen LogP contribution >= 0.6 is 0 Å². The van der Waals surface area contributed by atoms with E-state index in [1.165, 1.54) is 0 Å². The second-order valence-corrected chi connectivity index (χ2v) is 10.0. The highest BCUT2D eigenvalue weighted by atomic mass is 16.7. The van der Waals surface area contributed by atoms with E-state index in [-0.39, 0.29) is 5.41 Å². The molecule has 2 aliphatic rings. The molecule has 166 valence electrons. The number of rotatable bonds is 2. The predicted octanol–water partition coefficient (Wildman–Crippen LogP) is 5.40. The van der Waals surface area contributed by atoms with Crippen molar-refractivity contribution in [1.29, 1.82) is 21.2 Å². The SMILES string of the molecule is Cc1ccc(C23OC(=N)C(C#N)(C2C)C(C#N)(C#N)C(c2ccc(C(C)(C)C)cc2)O3)cc1. The molecule has 0 spiro atoms. The molecule has 0 aromatic heterocycles. The Morgan fingerprint density at radius 2 is 1.48 bits per heavy atom.